The van der Waals surface area contributed by atoms with Gasteiger partial charge in [0.05, 0.1) is 12.7 Å². The first-order chi connectivity index (χ1) is 15.1. The molecule has 1 aliphatic rings. The van der Waals surface area contributed by atoms with E-state index in [-0.39, 0.29) is 0 Å². The number of hydrogen-bond acceptors (Lipinski definition) is 4. The normalized spacial score (nSPS) is 19.4. The van der Waals surface area contributed by atoms with Crippen LogP contribution in [-0.4, -0.2) is 26.8 Å². The molecule has 0 atom stereocenters. The number of esters is 1. The zero-order chi connectivity index (χ0) is 25.4. The van der Waals surface area contributed by atoms with Gasteiger partial charge in [0.15, 0.2) is 0 Å². The fourth-order valence-electron chi connectivity index (χ4n) is 3.54. The minimum absolute atomic E-state index is 0.515. The third-order valence-corrected chi connectivity index (χ3v) is 6.31. The van der Waals surface area contributed by atoms with Crippen LogP contribution in [0.15, 0.2) is 18.2 Å². The van der Waals surface area contributed by atoms with Crippen LogP contribution >= 0.6 is 0 Å². The SMILES string of the molecule is CC1CCC(CCCCc2ccc(C(F)(F)F)c(F)c2)CC1.COC(=O)C(F)(F)S(=O)(=O)F. The van der Waals surface area contributed by atoms with Gasteiger partial charge in [-0.3, -0.25) is 0 Å². The summed E-state index contributed by atoms with van der Waals surface area (Å²) in [5.74, 6) is -1.95. The number of alkyl halides is 5. The number of benzene rings is 1. The molecule has 4 nitrogen and oxygen atoms in total. The molecule has 1 fully saturated rings. The molecule has 0 saturated heterocycles. The van der Waals surface area contributed by atoms with Gasteiger partial charge in [0.25, 0.3) is 0 Å². The molecule has 1 aromatic carbocycles. The maximum absolute atomic E-state index is 13.5. The van der Waals surface area contributed by atoms with Gasteiger partial charge in [-0.2, -0.15) is 30.4 Å². The van der Waals surface area contributed by atoms with Gasteiger partial charge in [-0.05, 0) is 42.4 Å². The summed E-state index contributed by atoms with van der Waals surface area (Å²) in [6, 6.07) is 3.28. The maximum atomic E-state index is 13.5. The third-order valence-electron chi connectivity index (χ3n) is 5.53. The molecule has 0 N–H and O–H groups in total. The van der Waals surface area contributed by atoms with Crippen LogP contribution in [0, 0.1) is 17.7 Å². The second-order valence-electron chi connectivity index (χ2n) is 8.13. The predicted octanol–water partition coefficient (Wildman–Crippen LogP) is 6.44. The molecule has 1 saturated carbocycles. The second kappa shape index (κ2) is 12.0. The first-order valence-corrected chi connectivity index (χ1v) is 11.7. The highest BCUT2D eigenvalue weighted by Gasteiger charge is 2.55. The molecular weight excluding hydrogens is 481 g/mol. The molecular formula is C21H27F7O4S. The lowest BCUT2D eigenvalue weighted by atomic mass is 9.80. The van der Waals surface area contributed by atoms with Gasteiger partial charge in [0.2, 0.25) is 0 Å². The number of carbonyl (C=O) groups is 1. The Kier molecular flexibility index (Phi) is 10.6. The summed E-state index contributed by atoms with van der Waals surface area (Å²) < 4.78 is 109. The van der Waals surface area contributed by atoms with E-state index in [2.05, 4.69) is 11.7 Å². The van der Waals surface area contributed by atoms with Crippen LogP contribution in [0.4, 0.5) is 30.2 Å². The van der Waals surface area contributed by atoms with Crippen LogP contribution in [0.2, 0.25) is 0 Å². The number of rotatable bonds is 7. The second-order valence-corrected chi connectivity index (χ2v) is 9.52. The van der Waals surface area contributed by atoms with Gasteiger partial charge in [0.1, 0.15) is 5.82 Å². The van der Waals surface area contributed by atoms with Gasteiger partial charge in [-0.15, -0.1) is 0 Å². The zero-order valence-corrected chi connectivity index (χ0v) is 19.0. The van der Waals surface area contributed by atoms with Crippen molar-refractivity contribution in [1.82, 2.24) is 0 Å². The average Bonchev–Trinajstić information content (AvgIpc) is 2.70. The molecule has 2 rings (SSSR count). The Bertz CT molecular complexity index is 877. The highest BCUT2D eigenvalue weighted by Crippen LogP contribution is 2.33. The molecule has 1 aromatic rings. The first kappa shape index (κ1) is 29.2. The van der Waals surface area contributed by atoms with Crippen LogP contribution in [0.3, 0.4) is 0 Å². The molecule has 190 valence electrons. The molecule has 0 aliphatic heterocycles. The van der Waals surface area contributed by atoms with Crippen molar-refractivity contribution in [2.24, 2.45) is 11.8 Å². The van der Waals surface area contributed by atoms with E-state index in [9.17, 15) is 43.4 Å². The van der Waals surface area contributed by atoms with E-state index in [1.54, 1.807) is 0 Å². The Balaban J connectivity index is 0.000000420. The topological polar surface area (TPSA) is 60.4 Å². The zero-order valence-electron chi connectivity index (χ0n) is 18.2. The quantitative estimate of drug-likeness (QED) is 0.184. The molecule has 0 unspecified atom stereocenters. The van der Waals surface area contributed by atoms with Gasteiger partial charge in [-0.25, -0.2) is 9.18 Å². The van der Waals surface area contributed by atoms with E-state index in [0.717, 1.165) is 36.8 Å². The number of aryl methyl sites for hydroxylation is 1. The summed E-state index contributed by atoms with van der Waals surface area (Å²) in [7, 11) is -5.71. The van der Waals surface area contributed by atoms with Crippen molar-refractivity contribution in [2.45, 2.75) is 69.7 Å². The molecule has 0 amide bonds. The van der Waals surface area contributed by atoms with Crippen molar-refractivity contribution >= 4 is 16.2 Å². The fourth-order valence-corrected chi connectivity index (χ4v) is 3.82. The summed E-state index contributed by atoms with van der Waals surface area (Å²) in [6.07, 6.45) is 4.45. The molecule has 33 heavy (non-hydrogen) atoms. The monoisotopic (exact) mass is 508 g/mol. The molecule has 0 aromatic heterocycles. The van der Waals surface area contributed by atoms with E-state index >= 15 is 0 Å². The molecule has 0 bridgehead atoms. The average molecular weight is 508 g/mol. The van der Waals surface area contributed by atoms with Crippen LogP contribution in [0.1, 0.15) is 63.0 Å². The number of methoxy groups -OCH3 is 1. The van der Waals surface area contributed by atoms with Crippen molar-refractivity contribution < 1.29 is 48.2 Å². The van der Waals surface area contributed by atoms with E-state index in [0.29, 0.717) is 19.1 Å². The summed E-state index contributed by atoms with van der Waals surface area (Å²) in [5, 5.41) is -5.11. The Morgan fingerprint density at radius 2 is 1.64 bits per heavy atom. The van der Waals surface area contributed by atoms with Crippen LogP contribution in [0.5, 0.6) is 0 Å². The summed E-state index contributed by atoms with van der Waals surface area (Å²) in [4.78, 5) is 9.89. The highest BCUT2D eigenvalue weighted by atomic mass is 32.3. The molecule has 0 spiro atoms. The lowest BCUT2D eigenvalue weighted by Gasteiger charge is -2.26. The van der Waals surface area contributed by atoms with Gasteiger partial charge in [-0.1, -0.05) is 55.4 Å². The third kappa shape index (κ3) is 9.13. The Morgan fingerprint density at radius 3 is 2.06 bits per heavy atom. The van der Waals surface area contributed by atoms with Crippen LogP contribution in [0.25, 0.3) is 0 Å². The van der Waals surface area contributed by atoms with E-state index in [1.165, 1.54) is 38.2 Å². The van der Waals surface area contributed by atoms with Crippen LogP contribution < -0.4 is 0 Å². The number of ether oxygens (including phenoxy) is 1. The van der Waals surface area contributed by atoms with Crippen LogP contribution in [-0.2, 0) is 32.4 Å². The predicted molar refractivity (Wildman–Crippen MR) is 107 cm³/mol. The molecule has 0 heterocycles. The van der Waals surface area contributed by atoms with Crippen molar-refractivity contribution in [3.63, 3.8) is 0 Å². The smallest absolute Gasteiger partial charge is 0.464 e. The van der Waals surface area contributed by atoms with Gasteiger partial charge in [0, 0.05) is 0 Å². The lowest BCUT2D eigenvalue weighted by molar-refractivity contribution is -0.157. The van der Waals surface area contributed by atoms with Crippen molar-refractivity contribution in [3.8, 4) is 0 Å². The number of unbranched alkanes of at least 4 members (excludes halogenated alkanes) is 1. The molecule has 12 heteroatoms. The minimum atomic E-state index is -6.22. The molecule has 0 radical (unpaired) electrons. The minimum Gasteiger partial charge on any atom is -0.464 e. The Hall–Kier alpha value is -1.85. The van der Waals surface area contributed by atoms with Crippen molar-refractivity contribution in [2.75, 3.05) is 7.11 Å². The number of hydrogen-bond donors (Lipinski definition) is 0. The van der Waals surface area contributed by atoms with Crippen molar-refractivity contribution in [1.29, 1.82) is 0 Å². The summed E-state index contributed by atoms with van der Waals surface area (Å²) in [6.45, 7) is 2.30. The van der Waals surface area contributed by atoms with Gasteiger partial charge < -0.3 is 4.74 Å². The maximum Gasteiger partial charge on any atom is 0.470 e. The largest absolute Gasteiger partial charge is 0.470 e. The lowest BCUT2D eigenvalue weighted by Crippen LogP contribution is -2.36. The Morgan fingerprint density at radius 1 is 1.06 bits per heavy atom. The standard InChI is InChI=1S/C18H24F4.C3H3F3O4S/c1-13-6-8-14(9-7-13)4-2-3-5-15-10-11-16(17(19)12-15)18(20,21)22;1-10-2(7)3(4,5)11(6,8)9/h10-14H,2-9H2,1H3;1H3. The van der Waals surface area contributed by atoms with E-state index < -0.39 is 39.0 Å². The van der Waals surface area contributed by atoms with E-state index in [4.69, 9.17) is 0 Å². The Labute approximate surface area is 188 Å². The number of carbonyl (C=O) groups excluding carboxylic acids is 1. The first-order valence-electron chi connectivity index (χ1n) is 10.4. The highest BCUT2D eigenvalue weighted by molar-refractivity contribution is 7.88. The van der Waals surface area contributed by atoms with E-state index in [1.807, 2.05) is 0 Å². The fraction of sp³-hybridized carbons (Fsp3) is 0.667. The summed E-state index contributed by atoms with van der Waals surface area (Å²) in [5.41, 5.74) is -0.518. The van der Waals surface area contributed by atoms with Crippen molar-refractivity contribution in [3.05, 3.63) is 35.1 Å². The summed E-state index contributed by atoms with van der Waals surface area (Å²) >= 11 is 0. The molecule has 1 aliphatic carbocycles. The van der Waals surface area contributed by atoms with Gasteiger partial charge >= 0.3 is 27.6 Å². The number of halogens is 7.